The Morgan fingerprint density at radius 2 is 1.79 bits per heavy atom. The number of carbonyl (C=O) groups excluding carboxylic acids is 1. The van der Waals surface area contributed by atoms with Crippen molar-refractivity contribution in [2.24, 2.45) is 4.99 Å². The van der Waals surface area contributed by atoms with Crippen LogP contribution >= 0.6 is 0 Å². The molecule has 1 aliphatic rings. The molecule has 28 heavy (non-hydrogen) atoms. The molecule has 8 heteroatoms. The van der Waals surface area contributed by atoms with Gasteiger partial charge in [0.25, 0.3) is 0 Å². The smallest absolute Gasteiger partial charge is 0.234 e. The average Bonchev–Trinajstić information content (AvgIpc) is 2.72. The van der Waals surface area contributed by atoms with Gasteiger partial charge in [-0.2, -0.15) is 0 Å². The second-order valence-corrected chi connectivity index (χ2v) is 6.62. The van der Waals surface area contributed by atoms with Crippen LogP contribution in [0.3, 0.4) is 0 Å². The number of benzene rings is 1. The summed E-state index contributed by atoms with van der Waals surface area (Å²) < 4.78 is 10.6. The number of ether oxygens (including phenoxy) is 2. The van der Waals surface area contributed by atoms with Gasteiger partial charge in [0.2, 0.25) is 5.91 Å². The molecule has 1 amide bonds. The van der Waals surface area contributed by atoms with Crippen molar-refractivity contribution in [1.29, 1.82) is 0 Å². The topological polar surface area (TPSA) is 78.4 Å². The fourth-order valence-electron chi connectivity index (χ4n) is 3.00. The third kappa shape index (κ3) is 8.24. The first-order chi connectivity index (χ1) is 13.7. The average molecular weight is 392 g/mol. The first kappa shape index (κ1) is 22.1. The van der Waals surface area contributed by atoms with Crippen LogP contribution in [0.5, 0.6) is 0 Å². The Balaban J connectivity index is 1.60. The summed E-state index contributed by atoms with van der Waals surface area (Å²) in [6.45, 7) is 6.83. The molecule has 2 rings (SSSR count). The molecule has 0 unspecified atom stereocenters. The Hall–Kier alpha value is -2.16. The number of amides is 1. The van der Waals surface area contributed by atoms with Gasteiger partial charge in [0.1, 0.15) is 0 Å². The summed E-state index contributed by atoms with van der Waals surface area (Å²) in [6.07, 6.45) is 0. The van der Waals surface area contributed by atoms with Crippen molar-refractivity contribution in [3.8, 4) is 0 Å². The van der Waals surface area contributed by atoms with Gasteiger partial charge in [-0.3, -0.25) is 14.7 Å². The van der Waals surface area contributed by atoms with E-state index in [0.717, 1.165) is 32.1 Å². The highest BCUT2D eigenvalue weighted by Gasteiger charge is 2.20. The number of nitrogens with zero attached hydrogens (tertiary/aromatic N) is 3. The predicted octanol–water partition coefficient (Wildman–Crippen LogP) is 0.159. The molecule has 0 spiro atoms. The van der Waals surface area contributed by atoms with Gasteiger partial charge in [-0.25, -0.2) is 0 Å². The van der Waals surface area contributed by atoms with Crippen LogP contribution in [0.25, 0.3) is 0 Å². The number of guanidine groups is 1. The van der Waals surface area contributed by atoms with Crippen LogP contribution in [0.1, 0.15) is 5.56 Å². The lowest BCUT2D eigenvalue weighted by molar-refractivity contribution is -0.122. The molecular weight excluding hydrogens is 358 g/mol. The first-order valence-corrected chi connectivity index (χ1v) is 9.78. The van der Waals surface area contributed by atoms with Gasteiger partial charge in [0.15, 0.2) is 5.96 Å². The van der Waals surface area contributed by atoms with Gasteiger partial charge in [0, 0.05) is 53.4 Å². The molecular formula is C20H33N5O3. The van der Waals surface area contributed by atoms with Gasteiger partial charge in [0.05, 0.1) is 26.4 Å². The first-order valence-electron chi connectivity index (χ1n) is 9.78. The number of aliphatic imine (C=N–C) groups is 1. The predicted molar refractivity (Wildman–Crippen MR) is 110 cm³/mol. The van der Waals surface area contributed by atoms with E-state index in [1.54, 1.807) is 14.2 Å². The van der Waals surface area contributed by atoms with Gasteiger partial charge in [-0.15, -0.1) is 0 Å². The minimum Gasteiger partial charge on any atom is -0.383 e. The molecule has 0 saturated carbocycles. The number of hydrogen-bond donors (Lipinski definition) is 2. The van der Waals surface area contributed by atoms with E-state index in [1.807, 2.05) is 18.2 Å². The third-order valence-electron chi connectivity index (χ3n) is 4.52. The molecule has 0 aliphatic carbocycles. The van der Waals surface area contributed by atoms with Crippen LogP contribution in [0.4, 0.5) is 0 Å². The summed E-state index contributed by atoms with van der Waals surface area (Å²) in [5, 5.41) is 6.21. The van der Waals surface area contributed by atoms with Crippen molar-refractivity contribution < 1.29 is 14.3 Å². The highest BCUT2D eigenvalue weighted by Crippen LogP contribution is 2.02. The molecule has 0 atom stereocenters. The Morgan fingerprint density at radius 3 is 2.46 bits per heavy atom. The Kier molecular flexibility index (Phi) is 10.3. The van der Waals surface area contributed by atoms with Crippen LogP contribution in [0.15, 0.2) is 35.3 Å². The van der Waals surface area contributed by atoms with Crippen molar-refractivity contribution >= 4 is 11.9 Å². The lowest BCUT2D eigenvalue weighted by atomic mass is 10.2. The molecule has 0 bridgehead atoms. The van der Waals surface area contributed by atoms with E-state index in [9.17, 15) is 4.79 Å². The van der Waals surface area contributed by atoms with Crippen LogP contribution in [0, 0.1) is 0 Å². The standard InChI is InChI=1S/C20H33N5O3/c1-21-20(23-9-15-28-17-18-6-4-3-5-7-18)25-12-10-24(11-13-25)16-19(26)22-8-14-27-2/h3-7H,8-17H2,1-2H3,(H,21,23)(H,22,26). The number of rotatable bonds is 10. The zero-order valence-electron chi connectivity index (χ0n) is 17.0. The fourth-order valence-corrected chi connectivity index (χ4v) is 3.00. The van der Waals surface area contributed by atoms with E-state index in [4.69, 9.17) is 9.47 Å². The number of hydrogen-bond acceptors (Lipinski definition) is 5. The molecule has 0 radical (unpaired) electrons. The Morgan fingerprint density at radius 1 is 1.07 bits per heavy atom. The second kappa shape index (κ2) is 13.1. The second-order valence-electron chi connectivity index (χ2n) is 6.62. The minimum absolute atomic E-state index is 0.0450. The molecule has 1 heterocycles. The molecule has 1 saturated heterocycles. The zero-order chi connectivity index (χ0) is 20.0. The summed E-state index contributed by atoms with van der Waals surface area (Å²) >= 11 is 0. The maximum atomic E-state index is 11.9. The summed E-state index contributed by atoms with van der Waals surface area (Å²) in [4.78, 5) is 20.6. The highest BCUT2D eigenvalue weighted by atomic mass is 16.5. The minimum atomic E-state index is 0.0450. The third-order valence-corrected chi connectivity index (χ3v) is 4.52. The Labute approximate surface area is 167 Å². The van der Waals surface area contributed by atoms with Crippen molar-refractivity contribution in [1.82, 2.24) is 20.4 Å². The Bertz CT molecular complexity index is 589. The van der Waals surface area contributed by atoms with Crippen LogP contribution in [0.2, 0.25) is 0 Å². The molecule has 1 fully saturated rings. The van der Waals surface area contributed by atoms with E-state index in [1.165, 1.54) is 5.56 Å². The fraction of sp³-hybridized carbons (Fsp3) is 0.600. The normalized spacial score (nSPS) is 15.5. The molecule has 2 N–H and O–H groups in total. The molecule has 156 valence electrons. The van der Waals surface area contributed by atoms with Crippen molar-refractivity contribution in [2.45, 2.75) is 6.61 Å². The zero-order valence-corrected chi connectivity index (χ0v) is 17.0. The van der Waals surface area contributed by atoms with E-state index in [-0.39, 0.29) is 5.91 Å². The largest absolute Gasteiger partial charge is 0.383 e. The van der Waals surface area contributed by atoms with Crippen LogP contribution in [-0.4, -0.2) is 94.9 Å². The van der Waals surface area contributed by atoms with Crippen molar-refractivity contribution in [3.63, 3.8) is 0 Å². The molecule has 1 aromatic rings. The van der Waals surface area contributed by atoms with Crippen LogP contribution in [-0.2, 0) is 20.9 Å². The van der Waals surface area contributed by atoms with Crippen molar-refractivity contribution in [2.75, 3.05) is 73.2 Å². The molecule has 0 aromatic heterocycles. The molecule has 1 aliphatic heterocycles. The number of piperazine rings is 1. The summed E-state index contributed by atoms with van der Waals surface area (Å²) in [5.41, 5.74) is 1.18. The maximum absolute atomic E-state index is 11.9. The van der Waals surface area contributed by atoms with Gasteiger partial charge in [-0.05, 0) is 5.56 Å². The molecule has 8 nitrogen and oxygen atoms in total. The maximum Gasteiger partial charge on any atom is 0.234 e. The van der Waals surface area contributed by atoms with Gasteiger partial charge in [-0.1, -0.05) is 30.3 Å². The summed E-state index contributed by atoms with van der Waals surface area (Å²) in [7, 11) is 3.42. The SMILES string of the molecule is CN=C(NCCOCc1ccccc1)N1CCN(CC(=O)NCCOC)CC1. The lowest BCUT2D eigenvalue weighted by Gasteiger charge is -2.36. The van der Waals surface area contributed by atoms with Crippen molar-refractivity contribution in [3.05, 3.63) is 35.9 Å². The van der Waals surface area contributed by atoms with E-state index in [0.29, 0.717) is 39.5 Å². The highest BCUT2D eigenvalue weighted by molar-refractivity contribution is 5.80. The van der Waals surface area contributed by atoms with Gasteiger partial charge < -0.3 is 25.0 Å². The lowest BCUT2D eigenvalue weighted by Crippen LogP contribution is -2.54. The van der Waals surface area contributed by atoms with Gasteiger partial charge >= 0.3 is 0 Å². The monoisotopic (exact) mass is 391 g/mol. The number of nitrogens with one attached hydrogen (secondary N) is 2. The van der Waals surface area contributed by atoms with E-state index >= 15 is 0 Å². The number of carbonyl (C=O) groups is 1. The number of methoxy groups -OCH3 is 1. The summed E-state index contributed by atoms with van der Waals surface area (Å²) in [5.74, 6) is 0.927. The van der Waals surface area contributed by atoms with Crippen LogP contribution < -0.4 is 10.6 Å². The van der Waals surface area contributed by atoms with E-state index < -0.39 is 0 Å². The summed E-state index contributed by atoms with van der Waals surface area (Å²) in [6, 6.07) is 10.2. The quantitative estimate of drug-likeness (QED) is 0.336. The molecule has 1 aromatic carbocycles. The van der Waals surface area contributed by atoms with E-state index in [2.05, 4.69) is 37.6 Å².